The zero-order valence-corrected chi connectivity index (χ0v) is 61.8. The summed E-state index contributed by atoms with van der Waals surface area (Å²) in [7, 11) is 2.40. The molecule has 0 aromatic heterocycles. The third kappa shape index (κ3) is 28.3. The first-order valence-corrected chi connectivity index (χ1v) is 36.0. The second kappa shape index (κ2) is 46.2. The van der Waals surface area contributed by atoms with Gasteiger partial charge in [-0.25, -0.2) is 19.2 Å². The van der Waals surface area contributed by atoms with Crippen molar-refractivity contribution >= 4 is 35.9 Å². The van der Waals surface area contributed by atoms with E-state index >= 15 is 0 Å². The summed E-state index contributed by atoms with van der Waals surface area (Å²) in [4.78, 5) is 81.3. The molecule has 4 fully saturated rings. The fraction of sp³-hybridized carbons (Fsp3) is 0.771. The van der Waals surface area contributed by atoms with Gasteiger partial charge in [-0.2, -0.15) is 0 Å². The molecule has 0 aromatic carbocycles. The van der Waals surface area contributed by atoms with Crippen LogP contribution in [0.4, 0.5) is 9.59 Å². The Morgan fingerprint density at radius 3 is 1.57 bits per heavy atom. The molecule has 14 N–H and O–H groups in total. The Hall–Kier alpha value is -6.33. The molecule has 4 heterocycles. The number of carbonyl (C=O) groups excluding carboxylic acids is 6. The summed E-state index contributed by atoms with van der Waals surface area (Å²) in [5, 5.41) is 125. The molecule has 0 aromatic rings. The number of esters is 2. The normalized spacial score (nSPS) is 31.3. The molecule has 4 aliphatic heterocycles. The van der Waals surface area contributed by atoms with E-state index in [0.29, 0.717) is 50.6 Å². The van der Waals surface area contributed by atoms with Crippen molar-refractivity contribution in [2.75, 3.05) is 73.5 Å². The van der Waals surface area contributed by atoms with Crippen LogP contribution in [0.15, 0.2) is 63.9 Å². The lowest BCUT2D eigenvalue weighted by molar-refractivity contribution is -0.347. The van der Waals surface area contributed by atoms with E-state index in [-0.39, 0.29) is 75.8 Å². The number of ether oxygens (including phenoxy) is 13. The molecule has 5 aliphatic rings. The van der Waals surface area contributed by atoms with Gasteiger partial charge in [0.25, 0.3) is 0 Å². The molecule has 36 nitrogen and oxygen atoms in total. The van der Waals surface area contributed by atoms with Crippen molar-refractivity contribution in [2.45, 2.75) is 267 Å². The van der Waals surface area contributed by atoms with Gasteiger partial charge in [-0.05, 0) is 127 Å². The number of hydrogen-bond acceptors (Lipinski definition) is 30. The number of nitrogens with zero attached hydrogens (tertiary/aromatic N) is 3. The van der Waals surface area contributed by atoms with Crippen LogP contribution in [0.2, 0.25) is 0 Å². The van der Waals surface area contributed by atoms with Crippen LogP contribution >= 0.6 is 0 Å². The van der Waals surface area contributed by atoms with E-state index in [0.717, 1.165) is 25.5 Å². The molecule has 0 radical (unpaired) electrons. The second-order valence-corrected chi connectivity index (χ2v) is 27.2. The van der Waals surface area contributed by atoms with E-state index in [1.165, 1.54) is 37.7 Å². The van der Waals surface area contributed by atoms with E-state index in [4.69, 9.17) is 67.1 Å². The largest absolute Gasteiger partial charge is 0.464 e. The maximum Gasteiger partial charge on any atom is 0.408 e. The summed E-state index contributed by atoms with van der Waals surface area (Å²) >= 11 is 0. The predicted octanol–water partition coefficient (Wildman–Crippen LogP) is 0.866. The minimum absolute atomic E-state index is 0.0144. The maximum absolute atomic E-state index is 13.7. The van der Waals surface area contributed by atoms with Crippen LogP contribution in [0.25, 0.3) is 10.4 Å². The Morgan fingerprint density at radius 1 is 0.594 bits per heavy atom. The van der Waals surface area contributed by atoms with Gasteiger partial charge in [-0.3, -0.25) is 9.59 Å². The number of amides is 4. The van der Waals surface area contributed by atoms with Gasteiger partial charge < -0.3 is 134 Å². The highest BCUT2D eigenvalue weighted by molar-refractivity contribution is 5.88. The zero-order valence-electron chi connectivity index (χ0n) is 61.8. The van der Waals surface area contributed by atoms with Crippen LogP contribution in [-0.2, 0) is 80.8 Å². The summed E-state index contributed by atoms with van der Waals surface area (Å²) in [6.45, 7) is 11.5. The van der Waals surface area contributed by atoms with E-state index < -0.39 is 179 Å². The van der Waals surface area contributed by atoms with Crippen molar-refractivity contribution in [2.24, 2.45) is 10.5 Å². The molecule has 0 bridgehead atoms. The topological polar surface area (TPSA) is 522 Å². The van der Waals surface area contributed by atoms with Crippen LogP contribution in [0.5, 0.6) is 0 Å². The summed E-state index contributed by atoms with van der Waals surface area (Å²) < 4.78 is 72.1. The maximum atomic E-state index is 13.7. The van der Waals surface area contributed by atoms with Crippen molar-refractivity contribution in [1.82, 2.24) is 21.3 Å². The van der Waals surface area contributed by atoms with Crippen molar-refractivity contribution in [1.29, 1.82) is 0 Å². The van der Waals surface area contributed by atoms with E-state index in [1.807, 2.05) is 25.2 Å². The molecule has 36 heteroatoms. The molecule has 0 spiro atoms. The predicted molar refractivity (Wildman–Crippen MR) is 371 cm³/mol. The lowest BCUT2D eigenvalue weighted by Gasteiger charge is -2.45. The van der Waals surface area contributed by atoms with Crippen LogP contribution in [0.3, 0.4) is 0 Å². The zero-order chi connectivity index (χ0) is 78.2. The van der Waals surface area contributed by atoms with Crippen molar-refractivity contribution < 1.29 is 141 Å². The van der Waals surface area contributed by atoms with Crippen molar-refractivity contribution in [3.05, 3.63) is 69.2 Å². The van der Waals surface area contributed by atoms with Crippen molar-refractivity contribution in [3.8, 4) is 0 Å². The molecule has 5 rings (SSSR count). The molecular weight excluding hydrogens is 1400 g/mol. The van der Waals surface area contributed by atoms with Gasteiger partial charge in [0, 0.05) is 51.3 Å². The average Bonchev–Trinajstić information content (AvgIpc) is 0.796. The third-order valence-electron chi connectivity index (χ3n) is 18.5. The lowest BCUT2D eigenvalue weighted by Crippen LogP contribution is -2.64. The number of allylic oxidation sites excluding steroid dienone is 9. The second-order valence-electron chi connectivity index (χ2n) is 27.2. The van der Waals surface area contributed by atoms with Gasteiger partial charge in [0.1, 0.15) is 97.5 Å². The fourth-order valence-corrected chi connectivity index (χ4v) is 12.5. The molecule has 22 atom stereocenters. The van der Waals surface area contributed by atoms with Crippen molar-refractivity contribution in [3.63, 3.8) is 0 Å². The highest BCUT2D eigenvalue weighted by Gasteiger charge is 2.53. The first-order chi connectivity index (χ1) is 50.5. The van der Waals surface area contributed by atoms with Crippen LogP contribution in [0.1, 0.15) is 132 Å². The third-order valence-corrected chi connectivity index (χ3v) is 18.5. The number of aliphatic hydroxyl groups is 10. The fourth-order valence-electron chi connectivity index (χ4n) is 12.5. The van der Waals surface area contributed by atoms with Gasteiger partial charge in [0.05, 0.1) is 39.6 Å². The lowest BCUT2D eigenvalue weighted by atomic mass is 9.72. The molecule has 9 unspecified atom stereocenters. The first kappa shape index (κ1) is 90.3. The van der Waals surface area contributed by atoms with Crippen LogP contribution < -0.4 is 21.3 Å². The number of aliphatic hydroxyl groups excluding tert-OH is 10. The minimum atomic E-state index is -2.15. The SMILES string of the molecule is CCOC(=O)C(CCCCNC(=O)CCCCCN=[N+]=[N-])NC(=O)O[C@@H]1C(O)[C@H](OCC2O[C@@H](OCC3O[C@H](OC)C(O)[C@@H](OC(=O)N[C@@H](CCCCNC(=O)/C=C(C)/C=C/C=C(C)/C=C/C4=C(C)CCCC4(C)C)C(=O)OCC)[C@@H]3O)C(O)[C@@H](O)[C@@H]2O)OC(CO[C@@H]2OC(COC)[C@@H](O)[C@H](O)C2O)[C@H]1O. The van der Waals surface area contributed by atoms with Crippen LogP contribution in [-0.4, -0.2) is 295 Å². The summed E-state index contributed by atoms with van der Waals surface area (Å²) in [6, 6.07) is -2.65. The molecule has 106 heavy (non-hydrogen) atoms. The summed E-state index contributed by atoms with van der Waals surface area (Å²) in [5.41, 5.74) is 13.1. The van der Waals surface area contributed by atoms with E-state index in [1.54, 1.807) is 13.8 Å². The number of azide groups is 1. The minimum Gasteiger partial charge on any atom is -0.464 e. The smallest absolute Gasteiger partial charge is 0.408 e. The molecule has 4 saturated heterocycles. The van der Waals surface area contributed by atoms with Crippen LogP contribution in [0, 0.1) is 5.41 Å². The number of rotatable bonds is 41. The van der Waals surface area contributed by atoms with Gasteiger partial charge >= 0.3 is 24.1 Å². The molecule has 0 saturated carbocycles. The molecule has 4 amide bonds. The standard InChI is InChI=1S/C70H113N7O29/c1-10-96-62(90)42(24-14-17-30-72-48(78)26-13-12-16-32-74-77-71)76-69(93)106-61-53(83)47(37-99-65-56(86)54(84)50(80)44(102-65)34-94-8)104-67(59(61)89)100-35-45-51(81)55(85)57(87)66(103-45)98-36-46-52(82)60(58(88)64(95-9)101-46)105-68(92)75-43(63(91)97-11-2)25-15-18-31-73-49(79)33-39(4)22-19-21-38(3)27-28-41-40(5)23-20-29-70(41,6)7/h19,21-22,27-28,33,42-47,50-61,64-67,80-89H,10-18,20,23-26,29-32,34-37H2,1-9H3,(H,72,78)(H,73,79)(H,75,92)(H,76,93)/b22-19+,28-27+,38-21+,39-33+/t42?,43-,44?,45?,46?,47?,50+,51+,52+,53+,54-,55-,56?,57?,58?,59?,60-,61-,64-,65+,66+,67+/m0/s1. The molecule has 1 aliphatic carbocycles. The van der Waals surface area contributed by atoms with Gasteiger partial charge in [0.2, 0.25) is 11.8 Å². The Labute approximate surface area is 616 Å². The quantitative estimate of drug-likeness (QED) is 0.00590. The summed E-state index contributed by atoms with van der Waals surface area (Å²) in [6.07, 6.45) is -21.2. The highest BCUT2D eigenvalue weighted by Crippen LogP contribution is 2.41. The van der Waals surface area contributed by atoms with E-state index in [9.17, 15) is 79.8 Å². The molecular formula is C70H113N7O29. The number of methoxy groups -OCH3 is 2. The van der Waals surface area contributed by atoms with Gasteiger partial charge in [0.15, 0.2) is 37.4 Å². The number of unbranched alkanes of at least 4 members (excludes halogenated alkanes) is 4. The number of hydrogen-bond donors (Lipinski definition) is 14. The van der Waals surface area contributed by atoms with E-state index in [2.05, 4.69) is 64.2 Å². The molecule has 602 valence electrons. The van der Waals surface area contributed by atoms with Gasteiger partial charge in [-0.15, -0.1) is 0 Å². The number of alkyl carbamates (subject to hydrolysis) is 2. The number of carbonyl (C=O) groups is 6. The summed E-state index contributed by atoms with van der Waals surface area (Å²) in [5.74, 6) is -2.26. The Kier molecular flexibility index (Phi) is 39.4. The van der Waals surface area contributed by atoms with Gasteiger partial charge in [-0.1, -0.05) is 66.9 Å². The number of nitrogens with one attached hydrogen (secondary N) is 4. The Morgan fingerprint density at radius 2 is 1.08 bits per heavy atom. The highest BCUT2D eigenvalue weighted by atomic mass is 16.8. The Balaban J connectivity index is 1.20. The average molecular weight is 1520 g/mol. The Bertz CT molecular complexity index is 2970. The monoisotopic (exact) mass is 1520 g/mol. The first-order valence-electron chi connectivity index (χ1n) is 36.0.